The topological polar surface area (TPSA) is 77.0 Å². The number of hydrogen-bond acceptors (Lipinski definition) is 4. The maximum Gasteiger partial charge on any atom is 0.255 e. The first-order valence-corrected chi connectivity index (χ1v) is 6.84. The third-order valence-electron chi connectivity index (χ3n) is 3.71. The van der Waals surface area contributed by atoms with Gasteiger partial charge in [0.05, 0.1) is 17.8 Å². The normalized spacial score (nSPS) is 16.1. The van der Waals surface area contributed by atoms with Crippen LogP contribution >= 0.6 is 0 Å². The molecule has 2 aromatic rings. The molecule has 0 radical (unpaired) electrons. The number of anilines is 1. The lowest BCUT2D eigenvalue weighted by Gasteiger charge is -2.32. The number of halogens is 1. The molecule has 1 aliphatic rings. The minimum absolute atomic E-state index is 0.180. The molecule has 0 unspecified atom stereocenters. The van der Waals surface area contributed by atoms with Crippen molar-refractivity contribution in [2.45, 2.75) is 18.9 Å². The van der Waals surface area contributed by atoms with Crippen LogP contribution in [0.2, 0.25) is 0 Å². The Labute approximate surface area is 121 Å². The van der Waals surface area contributed by atoms with Crippen LogP contribution in [0.15, 0.2) is 30.7 Å². The number of pyridine rings is 1. The van der Waals surface area contributed by atoms with Gasteiger partial charge in [0, 0.05) is 25.5 Å². The zero-order valence-electron chi connectivity index (χ0n) is 11.4. The Balaban J connectivity index is 1.64. The van der Waals surface area contributed by atoms with E-state index in [0.717, 1.165) is 19.0 Å². The quantitative estimate of drug-likeness (QED) is 0.908. The molecule has 0 spiro atoms. The summed E-state index contributed by atoms with van der Waals surface area (Å²) in [5.74, 6) is -0.178. The molecule has 2 aromatic heterocycles. The molecular weight excluding hydrogens is 273 g/mol. The van der Waals surface area contributed by atoms with Crippen molar-refractivity contribution in [3.8, 4) is 0 Å². The predicted octanol–water partition coefficient (Wildman–Crippen LogP) is 1.48. The Morgan fingerprint density at radius 2 is 2.10 bits per heavy atom. The van der Waals surface area contributed by atoms with Gasteiger partial charge in [0.1, 0.15) is 11.6 Å². The maximum atomic E-state index is 13.1. The number of piperidine rings is 1. The molecule has 0 aromatic carbocycles. The number of carbonyl (C=O) groups is 1. The third-order valence-corrected chi connectivity index (χ3v) is 3.71. The number of nitrogen functional groups attached to an aromatic ring is 1. The Hall–Kier alpha value is -2.44. The molecule has 6 nitrogen and oxygen atoms in total. The summed E-state index contributed by atoms with van der Waals surface area (Å²) in [6.07, 6.45) is 5.94. The highest BCUT2D eigenvalue weighted by atomic mass is 19.1. The second-order valence-corrected chi connectivity index (χ2v) is 5.14. The predicted molar refractivity (Wildman–Crippen MR) is 75.0 cm³/mol. The Kier molecular flexibility index (Phi) is 3.55. The van der Waals surface area contributed by atoms with Gasteiger partial charge in [0.15, 0.2) is 0 Å². The summed E-state index contributed by atoms with van der Waals surface area (Å²) in [6.45, 7) is 1.22. The molecule has 21 heavy (non-hydrogen) atoms. The molecule has 1 fully saturated rings. The van der Waals surface area contributed by atoms with E-state index < -0.39 is 5.82 Å². The van der Waals surface area contributed by atoms with Gasteiger partial charge in [-0.05, 0) is 25.0 Å². The van der Waals surface area contributed by atoms with Crippen LogP contribution in [0, 0.1) is 5.82 Å². The number of likely N-dealkylation sites (tertiary alicyclic amines) is 1. The van der Waals surface area contributed by atoms with Gasteiger partial charge < -0.3 is 10.6 Å². The lowest BCUT2D eigenvalue weighted by atomic mass is 10.0. The Morgan fingerprint density at radius 1 is 1.33 bits per heavy atom. The van der Waals surface area contributed by atoms with E-state index >= 15 is 0 Å². The molecular formula is C14H16FN5O. The first kappa shape index (κ1) is 13.5. The van der Waals surface area contributed by atoms with Crippen LogP contribution in [-0.2, 0) is 0 Å². The van der Waals surface area contributed by atoms with Crippen LogP contribution in [0.5, 0.6) is 0 Å². The van der Waals surface area contributed by atoms with Gasteiger partial charge in [0.2, 0.25) is 0 Å². The highest BCUT2D eigenvalue weighted by molar-refractivity contribution is 5.93. The average Bonchev–Trinajstić information content (AvgIpc) is 2.93. The smallest absolute Gasteiger partial charge is 0.255 e. The molecule has 1 amide bonds. The van der Waals surface area contributed by atoms with E-state index in [-0.39, 0.29) is 17.5 Å². The van der Waals surface area contributed by atoms with Crippen molar-refractivity contribution in [1.82, 2.24) is 19.7 Å². The molecule has 0 saturated carbocycles. The fourth-order valence-electron chi connectivity index (χ4n) is 2.60. The number of aromatic nitrogens is 3. The van der Waals surface area contributed by atoms with E-state index in [1.165, 1.54) is 12.3 Å². The number of rotatable bonds is 2. The van der Waals surface area contributed by atoms with Gasteiger partial charge in [-0.25, -0.2) is 4.39 Å². The van der Waals surface area contributed by atoms with E-state index in [9.17, 15) is 9.18 Å². The average molecular weight is 289 g/mol. The van der Waals surface area contributed by atoms with Crippen molar-refractivity contribution in [1.29, 1.82) is 0 Å². The number of nitrogens with zero attached hydrogens (tertiary/aromatic N) is 4. The van der Waals surface area contributed by atoms with Crippen LogP contribution in [-0.4, -0.2) is 38.7 Å². The van der Waals surface area contributed by atoms with Crippen molar-refractivity contribution in [3.05, 3.63) is 42.1 Å². The number of hydrogen-bond donors (Lipinski definition) is 1. The molecule has 0 bridgehead atoms. The molecule has 0 aliphatic carbocycles. The number of amides is 1. The van der Waals surface area contributed by atoms with E-state index in [1.807, 2.05) is 10.9 Å². The van der Waals surface area contributed by atoms with Crippen molar-refractivity contribution in [2.75, 3.05) is 18.8 Å². The zero-order valence-corrected chi connectivity index (χ0v) is 11.4. The molecule has 1 aliphatic heterocycles. The van der Waals surface area contributed by atoms with Gasteiger partial charge >= 0.3 is 0 Å². The van der Waals surface area contributed by atoms with Gasteiger partial charge in [-0.3, -0.25) is 14.5 Å². The fraction of sp³-hybridized carbons (Fsp3) is 0.357. The molecule has 0 atom stereocenters. The first-order valence-electron chi connectivity index (χ1n) is 6.84. The van der Waals surface area contributed by atoms with E-state index in [2.05, 4.69) is 10.1 Å². The Bertz CT molecular complexity index is 648. The summed E-state index contributed by atoms with van der Waals surface area (Å²) in [7, 11) is 0. The fourth-order valence-corrected chi connectivity index (χ4v) is 2.60. The van der Waals surface area contributed by atoms with Crippen LogP contribution in [0.25, 0.3) is 0 Å². The standard InChI is InChI=1S/C14H16FN5O/c15-11-7-10(8-17-9-11)14(21)19-4-1-12(2-5-19)20-6-3-13(16)18-20/h3,6-9,12H,1-2,4-5H2,(H2,16,18). The Morgan fingerprint density at radius 3 is 2.71 bits per heavy atom. The summed E-state index contributed by atoms with van der Waals surface area (Å²) in [5.41, 5.74) is 5.90. The van der Waals surface area contributed by atoms with Gasteiger partial charge in [-0.1, -0.05) is 0 Å². The van der Waals surface area contributed by atoms with Crippen LogP contribution in [0.4, 0.5) is 10.2 Å². The monoisotopic (exact) mass is 289 g/mol. The van der Waals surface area contributed by atoms with E-state index in [4.69, 9.17) is 5.73 Å². The SMILES string of the molecule is Nc1ccn(C2CCN(C(=O)c3cncc(F)c3)CC2)n1. The molecule has 3 heterocycles. The molecule has 3 rings (SSSR count). The van der Waals surface area contributed by atoms with Crippen molar-refractivity contribution >= 4 is 11.7 Å². The van der Waals surface area contributed by atoms with Crippen LogP contribution in [0.3, 0.4) is 0 Å². The van der Waals surface area contributed by atoms with Crippen molar-refractivity contribution in [2.24, 2.45) is 0 Å². The molecule has 1 saturated heterocycles. The van der Waals surface area contributed by atoms with Crippen molar-refractivity contribution < 1.29 is 9.18 Å². The third kappa shape index (κ3) is 2.86. The highest BCUT2D eigenvalue weighted by Crippen LogP contribution is 2.23. The molecule has 2 N–H and O–H groups in total. The first-order chi connectivity index (χ1) is 10.1. The van der Waals surface area contributed by atoms with Crippen LogP contribution < -0.4 is 5.73 Å². The lowest BCUT2D eigenvalue weighted by molar-refractivity contribution is 0.0689. The van der Waals surface area contributed by atoms with E-state index in [1.54, 1.807) is 11.0 Å². The second kappa shape index (κ2) is 5.51. The minimum Gasteiger partial charge on any atom is -0.382 e. The largest absolute Gasteiger partial charge is 0.382 e. The lowest BCUT2D eigenvalue weighted by Crippen LogP contribution is -2.39. The van der Waals surface area contributed by atoms with Crippen LogP contribution in [0.1, 0.15) is 29.2 Å². The van der Waals surface area contributed by atoms with Gasteiger partial charge in [-0.15, -0.1) is 0 Å². The summed E-state index contributed by atoms with van der Waals surface area (Å²) >= 11 is 0. The minimum atomic E-state index is -0.497. The highest BCUT2D eigenvalue weighted by Gasteiger charge is 2.25. The van der Waals surface area contributed by atoms with Gasteiger partial charge in [-0.2, -0.15) is 5.10 Å². The molecule has 110 valence electrons. The summed E-state index contributed by atoms with van der Waals surface area (Å²) in [5, 5.41) is 4.21. The van der Waals surface area contributed by atoms with Gasteiger partial charge in [0.25, 0.3) is 5.91 Å². The van der Waals surface area contributed by atoms with Crippen molar-refractivity contribution in [3.63, 3.8) is 0 Å². The number of carbonyl (C=O) groups excluding carboxylic acids is 1. The van der Waals surface area contributed by atoms with E-state index in [0.29, 0.717) is 18.9 Å². The number of nitrogens with two attached hydrogens (primary N) is 1. The summed E-state index contributed by atoms with van der Waals surface area (Å²) < 4.78 is 15.0. The maximum absolute atomic E-state index is 13.1. The summed E-state index contributed by atoms with van der Waals surface area (Å²) in [6, 6.07) is 3.22. The second-order valence-electron chi connectivity index (χ2n) is 5.14. The molecule has 7 heteroatoms. The summed E-state index contributed by atoms with van der Waals surface area (Å²) in [4.78, 5) is 17.7. The zero-order chi connectivity index (χ0) is 14.8.